The standard InChI is InChI=1S/C58H86FN5O8S/c1-58(2,41-48-37-45(26-30-52(48)54-39-50(71-5)29-31-55(54)59)44-72-51-24-21-23-47(38-51)53(40-57(66)67)46-27-28-46)42-49-43-63(62-61-49)33-20-18-16-14-12-10-8-6-7-9-11-13-15-17-19-25-56(65)60-32-35-64(3,4)34-22-36-73(68,69)70/h21,23-24,26,29-31,37-39,43,46,53H,6-20,22,25,27-28,32-36,40-42,44H2,1-5H3,(H2-,60,65,66,67,68,69,70)/p+1/t53-/m0/s1. The number of aryl methyl sites for hydroxylation is 1. The summed E-state index contributed by atoms with van der Waals surface area (Å²) in [5.74, 6) is 0.430. The highest BCUT2D eigenvalue weighted by Gasteiger charge is 2.34. The summed E-state index contributed by atoms with van der Waals surface area (Å²) in [5, 5.41) is 21.6. The molecule has 0 unspecified atom stereocenters. The second-order valence-corrected chi connectivity index (χ2v) is 23.7. The number of aliphatic carboxylic acids is 1. The molecule has 404 valence electrons. The van der Waals surface area contributed by atoms with Gasteiger partial charge in [0, 0.05) is 31.1 Å². The summed E-state index contributed by atoms with van der Waals surface area (Å²) >= 11 is 0. The van der Waals surface area contributed by atoms with Crippen molar-refractivity contribution in [1.82, 2.24) is 20.3 Å². The number of halogens is 1. The normalized spacial score (nSPS) is 13.5. The predicted octanol–water partition coefficient (Wildman–Crippen LogP) is 12.2. The number of nitrogens with one attached hydrogen (secondary N) is 1. The molecule has 0 radical (unpaired) electrons. The Hall–Kier alpha value is -4.86. The molecule has 5 rings (SSSR count). The van der Waals surface area contributed by atoms with Crippen LogP contribution in [-0.4, -0.2) is 96.0 Å². The molecule has 15 heteroatoms. The number of rotatable bonds is 38. The van der Waals surface area contributed by atoms with Gasteiger partial charge in [-0.2, -0.15) is 8.42 Å². The van der Waals surface area contributed by atoms with E-state index >= 15 is 4.39 Å². The van der Waals surface area contributed by atoms with Gasteiger partial charge in [-0.15, -0.1) is 5.10 Å². The quantitative estimate of drug-likeness (QED) is 0.0223. The summed E-state index contributed by atoms with van der Waals surface area (Å²) < 4.78 is 60.7. The molecule has 1 heterocycles. The Labute approximate surface area is 436 Å². The highest BCUT2D eigenvalue weighted by Crippen LogP contribution is 2.45. The van der Waals surface area contributed by atoms with Gasteiger partial charge in [-0.05, 0) is 108 Å². The molecule has 1 amide bonds. The topological polar surface area (TPSA) is 170 Å². The van der Waals surface area contributed by atoms with E-state index in [1.165, 1.54) is 83.1 Å². The summed E-state index contributed by atoms with van der Waals surface area (Å²) in [6.45, 7) is 7.49. The highest BCUT2D eigenvalue weighted by atomic mass is 32.2. The highest BCUT2D eigenvalue weighted by molar-refractivity contribution is 7.85. The van der Waals surface area contributed by atoms with Crippen LogP contribution in [0.5, 0.6) is 11.5 Å². The molecule has 73 heavy (non-hydrogen) atoms. The number of hydrogen-bond donors (Lipinski definition) is 3. The number of carbonyl (C=O) groups is 2. The van der Waals surface area contributed by atoms with Crippen LogP contribution in [0.2, 0.25) is 0 Å². The molecule has 1 atom stereocenters. The Morgan fingerprint density at radius 3 is 2.11 bits per heavy atom. The zero-order valence-corrected chi connectivity index (χ0v) is 45.5. The lowest BCUT2D eigenvalue weighted by Gasteiger charge is -2.29. The molecular weight excluding hydrogens is 946 g/mol. The third-order valence-corrected chi connectivity index (χ3v) is 15.1. The van der Waals surface area contributed by atoms with E-state index in [9.17, 15) is 23.1 Å². The van der Waals surface area contributed by atoms with Crippen LogP contribution in [0.1, 0.15) is 171 Å². The van der Waals surface area contributed by atoms with E-state index in [-0.39, 0.29) is 35.2 Å². The molecule has 0 bridgehead atoms. The minimum absolute atomic E-state index is 0.0139. The van der Waals surface area contributed by atoms with Gasteiger partial charge in [-0.1, -0.05) is 133 Å². The number of hydrogen-bond acceptors (Lipinski definition) is 8. The average Bonchev–Trinajstić information content (AvgIpc) is 4.09. The Morgan fingerprint density at radius 1 is 0.822 bits per heavy atom. The van der Waals surface area contributed by atoms with Gasteiger partial charge in [0.2, 0.25) is 5.91 Å². The average molecular weight is 1030 g/mol. The van der Waals surface area contributed by atoms with Crippen molar-refractivity contribution in [2.75, 3.05) is 46.6 Å². The largest absolute Gasteiger partial charge is 0.497 e. The Bertz CT molecular complexity index is 2420. The van der Waals surface area contributed by atoms with Crippen molar-refractivity contribution in [3.8, 4) is 22.6 Å². The first-order chi connectivity index (χ1) is 34.9. The van der Waals surface area contributed by atoms with Crippen molar-refractivity contribution >= 4 is 22.0 Å². The molecule has 13 nitrogen and oxygen atoms in total. The lowest BCUT2D eigenvalue weighted by atomic mass is 9.79. The lowest BCUT2D eigenvalue weighted by Crippen LogP contribution is -2.46. The van der Waals surface area contributed by atoms with Crippen molar-refractivity contribution in [3.05, 3.63) is 95.1 Å². The van der Waals surface area contributed by atoms with Gasteiger partial charge in [0.1, 0.15) is 23.9 Å². The number of methoxy groups -OCH3 is 1. The second-order valence-electron chi connectivity index (χ2n) is 22.2. The fourth-order valence-corrected chi connectivity index (χ4v) is 10.6. The third-order valence-electron chi connectivity index (χ3n) is 14.3. The molecule has 0 saturated heterocycles. The van der Waals surface area contributed by atoms with E-state index < -0.39 is 16.1 Å². The first-order valence-electron chi connectivity index (χ1n) is 27.2. The number of amides is 1. The number of carboxylic acid groups (broad SMARTS) is 1. The molecule has 1 fully saturated rings. The van der Waals surface area contributed by atoms with Gasteiger partial charge in [0.05, 0.1) is 58.7 Å². The van der Waals surface area contributed by atoms with Crippen LogP contribution >= 0.6 is 0 Å². The number of benzene rings is 3. The first-order valence-corrected chi connectivity index (χ1v) is 28.8. The smallest absolute Gasteiger partial charge is 0.303 e. The van der Waals surface area contributed by atoms with Gasteiger partial charge in [-0.3, -0.25) is 18.8 Å². The lowest BCUT2D eigenvalue weighted by molar-refractivity contribution is -0.889. The second kappa shape index (κ2) is 29.9. The number of carboxylic acids is 1. The SMILES string of the molecule is COc1ccc(F)c(-c2ccc(COc3cccc([C@@H](CC(=O)O)C4CC4)c3)cc2CC(C)(C)Cc2cn(CCCCCCCCCCCCCCCCCC(=O)NCC[N+](C)(C)CCCS(=O)(=O)O)nn2)c1. The van der Waals surface area contributed by atoms with Gasteiger partial charge in [0.15, 0.2) is 0 Å². The Balaban J connectivity index is 0.944. The number of likely N-dealkylation sites (N-methyl/N-ethyl adjacent to an activating group) is 1. The maximum absolute atomic E-state index is 15.5. The van der Waals surface area contributed by atoms with Crippen molar-refractivity contribution in [1.29, 1.82) is 0 Å². The minimum Gasteiger partial charge on any atom is -0.497 e. The number of nitrogens with zero attached hydrogens (tertiary/aromatic N) is 4. The van der Waals surface area contributed by atoms with E-state index in [1.807, 2.05) is 55.2 Å². The molecule has 4 aromatic rings. The van der Waals surface area contributed by atoms with Crippen LogP contribution in [0.25, 0.3) is 11.1 Å². The molecule has 1 aliphatic rings. The van der Waals surface area contributed by atoms with Crippen LogP contribution in [0.3, 0.4) is 0 Å². The van der Waals surface area contributed by atoms with E-state index in [0.29, 0.717) is 79.4 Å². The van der Waals surface area contributed by atoms with E-state index in [1.54, 1.807) is 19.2 Å². The van der Waals surface area contributed by atoms with E-state index in [4.69, 9.17) is 14.0 Å². The van der Waals surface area contributed by atoms with Gasteiger partial charge >= 0.3 is 5.97 Å². The Kier molecular flexibility index (Phi) is 24.2. The summed E-state index contributed by atoms with van der Waals surface area (Å²) in [4.78, 5) is 23.9. The summed E-state index contributed by atoms with van der Waals surface area (Å²) in [6, 6.07) is 18.7. The van der Waals surface area contributed by atoms with Crippen LogP contribution in [-0.2, 0) is 45.7 Å². The summed E-state index contributed by atoms with van der Waals surface area (Å²) in [5.41, 5.74) is 4.96. The fraction of sp³-hybridized carbons (Fsp3) is 0.621. The van der Waals surface area contributed by atoms with E-state index in [2.05, 4.69) is 41.7 Å². The van der Waals surface area contributed by atoms with E-state index in [0.717, 1.165) is 66.6 Å². The number of carbonyl (C=O) groups excluding carboxylic acids is 1. The molecule has 1 aromatic heterocycles. The van der Waals surface area contributed by atoms with Gasteiger partial charge in [0.25, 0.3) is 10.1 Å². The fourth-order valence-electron chi connectivity index (χ4n) is 10.1. The van der Waals surface area contributed by atoms with Crippen molar-refractivity contribution in [2.24, 2.45) is 11.3 Å². The first kappa shape index (κ1) is 59.0. The van der Waals surface area contributed by atoms with Crippen molar-refractivity contribution in [2.45, 2.75) is 174 Å². The van der Waals surface area contributed by atoms with Crippen LogP contribution < -0.4 is 14.8 Å². The maximum atomic E-state index is 15.5. The molecule has 1 saturated carbocycles. The van der Waals surface area contributed by atoms with Crippen LogP contribution in [0.15, 0.2) is 66.9 Å². The molecule has 0 spiro atoms. The molecule has 3 aromatic carbocycles. The van der Waals surface area contributed by atoms with Crippen LogP contribution in [0, 0.1) is 17.2 Å². The van der Waals surface area contributed by atoms with Crippen LogP contribution in [0.4, 0.5) is 4.39 Å². The maximum Gasteiger partial charge on any atom is 0.303 e. The number of quaternary nitrogens is 1. The predicted molar refractivity (Wildman–Crippen MR) is 288 cm³/mol. The molecule has 0 aliphatic heterocycles. The summed E-state index contributed by atoms with van der Waals surface area (Å²) in [7, 11) is 1.65. The van der Waals surface area contributed by atoms with Gasteiger partial charge in [-0.25, -0.2) is 4.39 Å². The number of ether oxygens (including phenoxy) is 2. The van der Waals surface area contributed by atoms with Crippen molar-refractivity contribution < 1.29 is 46.0 Å². The minimum atomic E-state index is -3.93. The zero-order chi connectivity index (χ0) is 52.7. The Morgan fingerprint density at radius 2 is 1.48 bits per heavy atom. The number of unbranched alkanes of at least 4 members (excludes halogenated alkanes) is 14. The third kappa shape index (κ3) is 23.1. The number of aromatic nitrogens is 3. The molecule has 1 aliphatic carbocycles. The zero-order valence-electron chi connectivity index (χ0n) is 44.7. The van der Waals surface area contributed by atoms with Gasteiger partial charge < -0.3 is 24.4 Å². The molecular formula is C58H87FN5O8S+. The summed E-state index contributed by atoms with van der Waals surface area (Å²) in [6.07, 6.45) is 24.8. The van der Waals surface area contributed by atoms with Crippen molar-refractivity contribution in [3.63, 3.8) is 0 Å². The monoisotopic (exact) mass is 1030 g/mol. The molecule has 3 N–H and O–H groups in total.